The van der Waals surface area contributed by atoms with E-state index in [9.17, 15) is 4.79 Å². The Labute approximate surface area is 143 Å². The first-order chi connectivity index (χ1) is 11.6. The Morgan fingerprint density at radius 3 is 2.71 bits per heavy atom. The van der Waals surface area contributed by atoms with Gasteiger partial charge in [0.1, 0.15) is 5.75 Å². The van der Waals surface area contributed by atoms with Gasteiger partial charge in [-0.2, -0.15) is 0 Å². The van der Waals surface area contributed by atoms with Crippen molar-refractivity contribution >= 4 is 17.3 Å². The Balaban J connectivity index is 1.65. The Morgan fingerprint density at radius 1 is 1.25 bits per heavy atom. The highest BCUT2D eigenvalue weighted by atomic mass is 16.5. The van der Waals surface area contributed by atoms with E-state index in [-0.39, 0.29) is 5.91 Å². The Bertz CT molecular complexity index is 725. The van der Waals surface area contributed by atoms with Gasteiger partial charge in [-0.3, -0.25) is 4.79 Å². The summed E-state index contributed by atoms with van der Waals surface area (Å²) < 4.78 is 5.72. The summed E-state index contributed by atoms with van der Waals surface area (Å²) in [6, 6.07) is 13.8. The topological polar surface area (TPSA) is 41.6 Å². The molecular formula is C20H24N2O2. The quantitative estimate of drug-likeness (QED) is 0.910. The van der Waals surface area contributed by atoms with Crippen LogP contribution in [0.25, 0.3) is 0 Å². The van der Waals surface area contributed by atoms with E-state index >= 15 is 0 Å². The second-order valence-corrected chi connectivity index (χ2v) is 6.24. The number of hydrogen-bond donors (Lipinski definition) is 1. The molecule has 1 aliphatic rings. The van der Waals surface area contributed by atoms with Crippen molar-refractivity contribution in [1.82, 2.24) is 0 Å². The number of fused-ring (bicyclic) bond motifs is 1. The zero-order valence-corrected chi connectivity index (χ0v) is 14.5. The standard InChI is InChI=1S/C20H24N2O2/c1-4-22-12-11-16-7-8-17(13-19(16)22)21-20(23)15(3)24-18-9-5-14(2)6-10-18/h5-10,13,15H,4,11-12H2,1-3H3,(H,21,23). The molecule has 2 aromatic rings. The van der Waals surface area contributed by atoms with Gasteiger partial charge in [-0.1, -0.05) is 23.8 Å². The molecule has 2 aromatic carbocycles. The summed E-state index contributed by atoms with van der Waals surface area (Å²) in [5.41, 5.74) is 4.55. The van der Waals surface area contributed by atoms with Crippen LogP contribution in [0.2, 0.25) is 0 Å². The minimum atomic E-state index is -0.553. The lowest BCUT2D eigenvalue weighted by Gasteiger charge is -2.18. The van der Waals surface area contributed by atoms with Crippen molar-refractivity contribution in [3.8, 4) is 5.75 Å². The molecule has 3 rings (SSSR count). The average molecular weight is 324 g/mol. The molecule has 0 bridgehead atoms. The van der Waals surface area contributed by atoms with Crippen molar-refractivity contribution in [1.29, 1.82) is 0 Å². The monoisotopic (exact) mass is 324 g/mol. The molecule has 1 aliphatic heterocycles. The van der Waals surface area contributed by atoms with E-state index in [1.807, 2.05) is 37.3 Å². The van der Waals surface area contributed by atoms with Gasteiger partial charge in [0.2, 0.25) is 0 Å². The molecule has 0 spiro atoms. The van der Waals surface area contributed by atoms with Gasteiger partial charge in [0.15, 0.2) is 6.10 Å². The number of likely N-dealkylation sites (N-methyl/N-ethyl adjacent to an activating group) is 1. The van der Waals surface area contributed by atoms with Gasteiger partial charge < -0.3 is 15.0 Å². The summed E-state index contributed by atoms with van der Waals surface area (Å²) in [6.45, 7) is 7.97. The molecule has 1 atom stereocenters. The number of carbonyl (C=O) groups excluding carboxylic acids is 1. The van der Waals surface area contributed by atoms with E-state index in [4.69, 9.17) is 4.74 Å². The summed E-state index contributed by atoms with van der Waals surface area (Å²) >= 11 is 0. The third-order valence-corrected chi connectivity index (χ3v) is 4.43. The summed E-state index contributed by atoms with van der Waals surface area (Å²) in [4.78, 5) is 14.7. The first-order valence-electron chi connectivity index (χ1n) is 8.49. The van der Waals surface area contributed by atoms with Crippen molar-refractivity contribution in [2.24, 2.45) is 0 Å². The molecule has 0 saturated carbocycles. The number of rotatable bonds is 5. The molecule has 1 N–H and O–H groups in total. The summed E-state index contributed by atoms with van der Waals surface area (Å²) in [6.07, 6.45) is 0.521. The number of ether oxygens (including phenoxy) is 1. The molecule has 0 saturated heterocycles. The van der Waals surface area contributed by atoms with Crippen LogP contribution in [0.4, 0.5) is 11.4 Å². The molecule has 0 fully saturated rings. The van der Waals surface area contributed by atoms with E-state index in [2.05, 4.69) is 29.3 Å². The van der Waals surface area contributed by atoms with Crippen LogP contribution in [-0.2, 0) is 11.2 Å². The van der Waals surface area contributed by atoms with E-state index in [1.165, 1.54) is 11.3 Å². The predicted molar refractivity (Wildman–Crippen MR) is 97.9 cm³/mol. The molecular weight excluding hydrogens is 300 g/mol. The molecule has 1 amide bonds. The third kappa shape index (κ3) is 3.53. The molecule has 1 unspecified atom stereocenters. The minimum absolute atomic E-state index is 0.142. The van der Waals surface area contributed by atoms with Crippen LogP contribution < -0.4 is 15.0 Å². The maximum Gasteiger partial charge on any atom is 0.265 e. The summed E-state index contributed by atoms with van der Waals surface area (Å²) in [5.74, 6) is 0.561. The number of anilines is 2. The smallest absolute Gasteiger partial charge is 0.265 e. The molecule has 24 heavy (non-hydrogen) atoms. The van der Waals surface area contributed by atoms with Crippen LogP contribution in [0.15, 0.2) is 42.5 Å². The molecule has 0 aromatic heterocycles. The van der Waals surface area contributed by atoms with Crippen molar-refractivity contribution in [3.63, 3.8) is 0 Å². The highest BCUT2D eigenvalue weighted by molar-refractivity contribution is 5.94. The van der Waals surface area contributed by atoms with Gasteiger partial charge in [0.25, 0.3) is 5.91 Å². The van der Waals surface area contributed by atoms with Crippen molar-refractivity contribution < 1.29 is 9.53 Å². The first kappa shape index (κ1) is 16.4. The van der Waals surface area contributed by atoms with Gasteiger partial charge in [-0.05, 0) is 57.0 Å². The van der Waals surface area contributed by atoms with Gasteiger partial charge >= 0.3 is 0 Å². The zero-order chi connectivity index (χ0) is 17.1. The van der Waals surface area contributed by atoms with Crippen LogP contribution in [-0.4, -0.2) is 25.1 Å². The number of amides is 1. The lowest BCUT2D eigenvalue weighted by atomic mass is 10.1. The molecule has 4 heteroatoms. The normalized spacial score (nSPS) is 14.2. The Hall–Kier alpha value is -2.49. The summed E-state index contributed by atoms with van der Waals surface area (Å²) in [7, 11) is 0. The van der Waals surface area contributed by atoms with Gasteiger partial charge in [0.05, 0.1) is 0 Å². The number of nitrogens with one attached hydrogen (secondary N) is 1. The lowest BCUT2D eigenvalue weighted by molar-refractivity contribution is -0.122. The zero-order valence-electron chi connectivity index (χ0n) is 14.5. The van der Waals surface area contributed by atoms with E-state index in [1.54, 1.807) is 6.92 Å². The fourth-order valence-corrected chi connectivity index (χ4v) is 2.97. The molecule has 4 nitrogen and oxygen atoms in total. The maximum absolute atomic E-state index is 12.4. The number of hydrogen-bond acceptors (Lipinski definition) is 3. The highest BCUT2D eigenvalue weighted by Crippen LogP contribution is 2.30. The second-order valence-electron chi connectivity index (χ2n) is 6.24. The largest absolute Gasteiger partial charge is 0.481 e. The molecule has 1 heterocycles. The van der Waals surface area contributed by atoms with E-state index in [0.29, 0.717) is 5.75 Å². The number of carbonyl (C=O) groups is 1. The Morgan fingerprint density at radius 2 is 2.00 bits per heavy atom. The predicted octanol–water partition coefficient (Wildman–Crippen LogP) is 3.78. The number of aryl methyl sites for hydroxylation is 1. The van der Waals surface area contributed by atoms with Crippen LogP contribution in [0.5, 0.6) is 5.75 Å². The van der Waals surface area contributed by atoms with Crippen LogP contribution >= 0.6 is 0 Å². The first-order valence-corrected chi connectivity index (χ1v) is 8.49. The fourth-order valence-electron chi connectivity index (χ4n) is 2.97. The highest BCUT2D eigenvalue weighted by Gasteiger charge is 2.19. The lowest BCUT2D eigenvalue weighted by Crippen LogP contribution is -2.30. The van der Waals surface area contributed by atoms with Gasteiger partial charge in [0, 0.05) is 24.5 Å². The van der Waals surface area contributed by atoms with Crippen LogP contribution in [0, 0.1) is 6.92 Å². The van der Waals surface area contributed by atoms with Gasteiger partial charge in [-0.25, -0.2) is 0 Å². The van der Waals surface area contributed by atoms with Crippen molar-refractivity contribution in [3.05, 3.63) is 53.6 Å². The fraction of sp³-hybridized carbons (Fsp3) is 0.350. The minimum Gasteiger partial charge on any atom is -0.481 e. The Kier molecular flexibility index (Phi) is 4.74. The van der Waals surface area contributed by atoms with E-state index in [0.717, 1.165) is 30.8 Å². The van der Waals surface area contributed by atoms with Crippen molar-refractivity contribution in [2.45, 2.75) is 33.3 Å². The van der Waals surface area contributed by atoms with Crippen LogP contribution in [0.3, 0.4) is 0 Å². The van der Waals surface area contributed by atoms with Gasteiger partial charge in [-0.15, -0.1) is 0 Å². The molecule has 0 aliphatic carbocycles. The molecule has 0 radical (unpaired) electrons. The van der Waals surface area contributed by atoms with Crippen molar-refractivity contribution in [2.75, 3.05) is 23.3 Å². The number of nitrogens with zero attached hydrogens (tertiary/aromatic N) is 1. The van der Waals surface area contributed by atoms with Crippen LogP contribution in [0.1, 0.15) is 25.0 Å². The molecule has 126 valence electrons. The third-order valence-electron chi connectivity index (χ3n) is 4.43. The van der Waals surface area contributed by atoms with E-state index < -0.39 is 6.10 Å². The maximum atomic E-state index is 12.4. The average Bonchev–Trinajstić information content (AvgIpc) is 2.99. The SMILES string of the molecule is CCN1CCc2ccc(NC(=O)C(C)Oc3ccc(C)cc3)cc21. The second kappa shape index (κ2) is 6.95. The summed E-state index contributed by atoms with van der Waals surface area (Å²) in [5, 5.41) is 2.96. The number of benzene rings is 2.